The van der Waals surface area contributed by atoms with Gasteiger partial charge in [-0.2, -0.15) is 0 Å². The predicted octanol–water partition coefficient (Wildman–Crippen LogP) is 3.47. The lowest BCUT2D eigenvalue weighted by Gasteiger charge is -2.11. The number of aromatic nitrogens is 3. The molecular weight excluding hydrogens is 334 g/mol. The van der Waals surface area contributed by atoms with E-state index in [2.05, 4.69) is 21.5 Å². The molecule has 0 radical (unpaired) electrons. The van der Waals surface area contributed by atoms with E-state index in [0.717, 1.165) is 34.5 Å². The van der Waals surface area contributed by atoms with Gasteiger partial charge >= 0.3 is 0 Å². The molecule has 0 aliphatic carbocycles. The van der Waals surface area contributed by atoms with Gasteiger partial charge in [-0.1, -0.05) is 25.1 Å². The number of fused-ring (bicyclic) bond motifs is 1. The van der Waals surface area contributed by atoms with E-state index in [1.54, 1.807) is 30.5 Å². The van der Waals surface area contributed by atoms with Crippen LogP contribution < -0.4 is 0 Å². The lowest BCUT2D eigenvalue weighted by molar-refractivity contribution is 0.585. The van der Waals surface area contributed by atoms with Crippen LogP contribution in [0.4, 0.5) is 0 Å². The minimum absolute atomic E-state index is 0.128. The van der Waals surface area contributed by atoms with E-state index in [4.69, 9.17) is 0 Å². The van der Waals surface area contributed by atoms with Gasteiger partial charge in [-0.3, -0.25) is 4.98 Å². The van der Waals surface area contributed by atoms with Crippen molar-refractivity contribution in [1.29, 1.82) is 0 Å². The van der Waals surface area contributed by atoms with Crippen molar-refractivity contribution < 1.29 is 8.42 Å². The van der Waals surface area contributed by atoms with Crippen molar-refractivity contribution in [3.63, 3.8) is 0 Å². The fourth-order valence-corrected chi connectivity index (χ4v) is 4.42. The molecule has 6 heteroatoms. The fraction of sp³-hybridized carbons (Fsp3) is 0.368. The summed E-state index contributed by atoms with van der Waals surface area (Å²) in [7, 11) is -3.25. The molecule has 3 aromatic rings. The van der Waals surface area contributed by atoms with Crippen molar-refractivity contribution in [3.8, 4) is 0 Å². The summed E-state index contributed by atoms with van der Waals surface area (Å²) in [6.07, 6.45) is 3.16. The van der Waals surface area contributed by atoms with Gasteiger partial charge in [-0.05, 0) is 38.0 Å². The number of rotatable bonds is 6. The zero-order chi connectivity index (χ0) is 18.0. The molecule has 0 fully saturated rings. The first-order valence-corrected chi connectivity index (χ1v) is 10.2. The highest BCUT2D eigenvalue weighted by atomic mass is 32.2. The summed E-state index contributed by atoms with van der Waals surface area (Å²) in [4.78, 5) is 9.43. The molecule has 2 heterocycles. The SMILES string of the molecule is CCc1nc2cnc(C)c(C)c2n1CCCS(=O)(=O)c1ccccc1. The number of pyridine rings is 1. The third kappa shape index (κ3) is 3.44. The van der Waals surface area contributed by atoms with Crippen LogP contribution in [0, 0.1) is 13.8 Å². The van der Waals surface area contributed by atoms with E-state index >= 15 is 0 Å². The summed E-state index contributed by atoms with van der Waals surface area (Å²) in [5.74, 6) is 1.10. The third-order valence-corrected chi connectivity index (χ3v) is 6.38. The Kier molecular flexibility index (Phi) is 4.90. The number of imidazole rings is 1. The average Bonchev–Trinajstić information content (AvgIpc) is 2.97. The largest absolute Gasteiger partial charge is 0.328 e. The fourth-order valence-electron chi connectivity index (χ4n) is 3.10. The van der Waals surface area contributed by atoms with Crippen LogP contribution in [0.15, 0.2) is 41.4 Å². The van der Waals surface area contributed by atoms with Crippen molar-refractivity contribution in [2.24, 2.45) is 0 Å². The van der Waals surface area contributed by atoms with Crippen LogP contribution in [-0.2, 0) is 22.8 Å². The predicted molar refractivity (Wildman–Crippen MR) is 99.5 cm³/mol. The highest BCUT2D eigenvalue weighted by Crippen LogP contribution is 2.22. The average molecular weight is 357 g/mol. The molecule has 0 atom stereocenters. The van der Waals surface area contributed by atoms with Gasteiger partial charge in [-0.15, -0.1) is 0 Å². The van der Waals surface area contributed by atoms with Crippen LogP contribution in [0.2, 0.25) is 0 Å². The van der Waals surface area contributed by atoms with E-state index in [1.807, 2.05) is 19.9 Å². The van der Waals surface area contributed by atoms with Crippen LogP contribution in [0.3, 0.4) is 0 Å². The highest BCUT2D eigenvalue weighted by Gasteiger charge is 2.16. The smallest absolute Gasteiger partial charge is 0.178 e. The van der Waals surface area contributed by atoms with Crippen LogP contribution in [0.5, 0.6) is 0 Å². The topological polar surface area (TPSA) is 64.8 Å². The van der Waals surface area contributed by atoms with E-state index in [-0.39, 0.29) is 5.75 Å². The van der Waals surface area contributed by atoms with Crippen LogP contribution in [0.1, 0.15) is 30.4 Å². The number of sulfone groups is 1. The first-order valence-electron chi connectivity index (χ1n) is 8.53. The Bertz CT molecular complexity index is 992. The van der Waals surface area contributed by atoms with Gasteiger partial charge in [0.1, 0.15) is 11.3 Å². The van der Waals surface area contributed by atoms with E-state index in [1.165, 1.54) is 0 Å². The summed E-state index contributed by atoms with van der Waals surface area (Å²) in [6, 6.07) is 8.63. The van der Waals surface area contributed by atoms with Gasteiger partial charge in [0.15, 0.2) is 9.84 Å². The summed E-state index contributed by atoms with van der Waals surface area (Å²) in [6.45, 7) is 6.73. The first-order chi connectivity index (χ1) is 11.9. The second-order valence-electron chi connectivity index (χ2n) is 6.22. The molecule has 0 saturated carbocycles. The Morgan fingerprint density at radius 2 is 1.84 bits per heavy atom. The Morgan fingerprint density at radius 1 is 1.12 bits per heavy atom. The number of nitrogens with zero attached hydrogens (tertiary/aromatic N) is 3. The van der Waals surface area contributed by atoms with E-state index in [9.17, 15) is 8.42 Å². The second kappa shape index (κ2) is 6.96. The molecule has 2 aromatic heterocycles. The van der Waals surface area contributed by atoms with Gasteiger partial charge in [0, 0.05) is 18.7 Å². The van der Waals surface area contributed by atoms with E-state index in [0.29, 0.717) is 17.9 Å². The Morgan fingerprint density at radius 3 is 2.52 bits per heavy atom. The van der Waals surface area contributed by atoms with Gasteiger partial charge < -0.3 is 4.57 Å². The van der Waals surface area contributed by atoms with Gasteiger partial charge in [0.25, 0.3) is 0 Å². The van der Waals surface area contributed by atoms with Gasteiger partial charge in [0.2, 0.25) is 0 Å². The summed E-state index contributed by atoms with van der Waals surface area (Å²) in [5, 5.41) is 0. The lowest BCUT2D eigenvalue weighted by atomic mass is 10.2. The van der Waals surface area contributed by atoms with Gasteiger partial charge in [0.05, 0.1) is 22.4 Å². The van der Waals surface area contributed by atoms with Crippen LogP contribution in [0.25, 0.3) is 11.0 Å². The summed E-state index contributed by atoms with van der Waals surface area (Å²) in [5.41, 5.74) is 4.04. The molecule has 0 amide bonds. The maximum atomic E-state index is 12.5. The number of hydrogen-bond donors (Lipinski definition) is 0. The number of hydrogen-bond acceptors (Lipinski definition) is 4. The molecule has 0 spiro atoms. The molecule has 0 saturated heterocycles. The quantitative estimate of drug-likeness (QED) is 0.677. The minimum Gasteiger partial charge on any atom is -0.328 e. The molecule has 5 nitrogen and oxygen atoms in total. The molecule has 0 unspecified atom stereocenters. The van der Waals surface area contributed by atoms with Gasteiger partial charge in [-0.25, -0.2) is 13.4 Å². The Labute approximate surface area is 148 Å². The van der Waals surface area contributed by atoms with Crippen molar-refractivity contribution in [2.45, 2.75) is 45.1 Å². The molecule has 25 heavy (non-hydrogen) atoms. The molecule has 1 aromatic carbocycles. The van der Waals surface area contributed by atoms with E-state index < -0.39 is 9.84 Å². The Balaban J connectivity index is 1.85. The molecule has 0 N–H and O–H groups in total. The first kappa shape index (κ1) is 17.6. The maximum absolute atomic E-state index is 12.5. The molecule has 132 valence electrons. The molecule has 0 aliphatic rings. The minimum atomic E-state index is -3.25. The summed E-state index contributed by atoms with van der Waals surface area (Å²) < 4.78 is 27.1. The van der Waals surface area contributed by atoms with Crippen molar-refractivity contribution >= 4 is 20.9 Å². The number of aryl methyl sites for hydroxylation is 4. The van der Waals surface area contributed by atoms with Crippen LogP contribution in [-0.4, -0.2) is 28.7 Å². The third-order valence-electron chi connectivity index (χ3n) is 4.57. The zero-order valence-corrected chi connectivity index (χ0v) is 15.7. The second-order valence-corrected chi connectivity index (χ2v) is 8.33. The molecule has 3 rings (SSSR count). The molecule has 0 bridgehead atoms. The van der Waals surface area contributed by atoms with Crippen molar-refractivity contribution in [2.75, 3.05) is 5.75 Å². The number of benzene rings is 1. The highest BCUT2D eigenvalue weighted by molar-refractivity contribution is 7.91. The molecular formula is C19H23N3O2S. The normalized spacial score (nSPS) is 12.0. The summed E-state index contributed by atoms with van der Waals surface area (Å²) >= 11 is 0. The van der Waals surface area contributed by atoms with Crippen LogP contribution >= 0.6 is 0 Å². The molecule has 0 aliphatic heterocycles. The lowest BCUT2D eigenvalue weighted by Crippen LogP contribution is -2.11. The van der Waals surface area contributed by atoms with Crippen molar-refractivity contribution in [3.05, 3.63) is 53.6 Å². The monoisotopic (exact) mass is 357 g/mol. The Hall–Kier alpha value is -2.21. The van der Waals surface area contributed by atoms with Crippen molar-refractivity contribution in [1.82, 2.24) is 14.5 Å². The zero-order valence-electron chi connectivity index (χ0n) is 14.9. The maximum Gasteiger partial charge on any atom is 0.178 e. The standard InChI is InChI=1S/C19H23N3O2S/c1-4-18-21-17-13-20-15(3)14(2)19(17)22(18)11-8-12-25(23,24)16-9-6-5-7-10-16/h5-7,9-10,13H,4,8,11-12H2,1-3H3.